The van der Waals surface area contributed by atoms with E-state index in [0.29, 0.717) is 25.6 Å². The Labute approximate surface area is 161 Å². The SMILES string of the molecule is Cl.NC[C@H]1CCC[C@H]1C(=O)NCc1ccc(COc2ccccc2)cc1. The topological polar surface area (TPSA) is 64.4 Å². The first-order valence-electron chi connectivity index (χ1n) is 8.99. The van der Waals surface area contributed by atoms with Crippen molar-refractivity contribution in [2.24, 2.45) is 17.6 Å². The predicted molar refractivity (Wildman–Crippen MR) is 106 cm³/mol. The summed E-state index contributed by atoms with van der Waals surface area (Å²) in [6, 6.07) is 17.9. The Morgan fingerprint density at radius 3 is 2.42 bits per heavy atom. The summed E-state index contributed by atoms with van der Waals surface area (Å²) >= 11 is 0. The molecule has 3 N–H and O–H groups in total. The normalized spacial score (nSPS) is 18.8. The van der Waals surface area contributed by atoms with Crippen molar-refractivity contribution in [1.29, 1.82) is 0 Å². The average Bonchev–Trinajstić information content (AvgIpc) is 3.15. The number of hydrogen-bond acceptors (Lipinski definition) is 3. The predicted octanol–water partition coefficient (Wildman–Crippen LogP) is 3.68. The van der Waals surface area contributed by atoms with Crippen molar-refractivity contribution in [1.82, 2.24) is 5.32 Å². The summed E-state index contributed by atoms with van der Waals surface area (Å²) < 4.78 is 5.74. The summed E-state index contributed by atoms with van der Waals surface area (Å²) in [5.41, 5.74) is 7.97. The number of rotatable bonds is 7. The van der Waals surface area contributed by atoms with E-state index in [1.54, 1.807) is 0 Å². The minimum Gasteiger partial charge on any atom is -0.489 e. The maximum atomic E-state index is 12.3. The monoisotopic (exact) mass is 374 g/mol. The molecule has 2 aromatic carbocycles. The Hall–Kier alpha value is -2.04. The molecule has 0 bridgehead atoms. The highest BCUT2D eigenvalue weighted by Crippen LogP contribution is 2.31. The molecule has 1 aliphatic carbocycles. The number of nitrogens with two attached hydrogens (primary N) is 1. The van der Waals surface area contributed by atoms with Gasteiger partial charge in [0.1, 0.15) is 12.4 Å². The van der Waals surface area contributed by atoms with Gasteiger partial charge in [0.15, 0.2) is 0 Å². The van der Waals surface area contributed by atoms with Gasteiger partial charge in [-0.2, -0.15) is 0 Å². The molecule has 1 aliphatic rings. The van der Waals surface area contributed by atoms with Gasteiger partial charge in [-0.25, -0.2) is 0 Å². The van der Waals surface area contributed by atoms with Crippen molar-refractivity contribution < 1.29 is 9.53 Å². The second-order valence-corrected chi connectivity index (χ2v) is 6.67. The van der Waals surface area contributed by atoms with Crippen LogP contribution in [0.3, 0.4) is 0 Å². The molecule has 2 aromatic rings. The summed E-state index contributed by atoms with van der Waals surface area (Å²) in [5.74, 6) is 1.44. The van der Waals surface area contributed by atoms with Gasteiger partial charge in [-0.3, -0.25) is 4.79 Å². The van der Waals surface area contributed by atoms with E-state index in [9.17, 15) is 4.79 Å². The first kappa shape index (κ1) is 20.3. The van der Waals surface area contributed by atoms with Gasteiger partial charge in [0.25, 0.3) is 0 Å². The molecule has 0 heterocycles. The van der Waals surface area contributed by atoms with E-state index in [2.05, 4.69) is 5.32 Å². The molecule has 0 aliphatic heterocycles. The van der Waals surface area contributed by atoms with Crippen LogP contribution < -0.4 is 15.8 Å². The van der Waals surface area contributed by atoms with E-state index >= 15 is 0 Å². The third kappa shape index (κ3) is 5.48. The Kier molecular flexibility index (Phi) is 7.95. The largest absolute Gasteiger partial charge is 0.489 e. The summed E-state index contributed by atoms with van der Waals surface area (Å²) in [7, 11) is 0. The zero-order valence-electron chi connectivity index (χ0n) is 14.9. The van der Waals surface area contributed by atoms with Gasteiger partial charge in [-0.05, 0) is 48.6 Å². The Morgan fingerprint density at radius 1 is 1.04 bits per heavy atom. The lowest BCUT2D eigenvalue weighted by Gasteiger charge is -2.17. The van der Waals surface area contributed by atoms with E-state index in [-0.39, 0.29) is 24.2 Å². The number of hydrogen-bond donors (Lipinski definition) is 2. The van der Waals surface area contributed by atoms with Gasteiger partial charge in [0.2, 0.25) is 5.91 Å². The summed E-state index contributed by atoms with van der Waals surface area (Å²) in [5, 5.41) is 3.06. The average molecular weight is 375 g/mol. The number of carbonyl (C=O) groups excluding carboxylic acids is 1. The third-order valence-corrected chi connectivity index (χ3v) is 4.94. The first-order chi connectivity index (χ1) is 12.3. The molecule has 0 spiro atoms. The molecule has 0 saturated heterocycles. The lowest BCUT2D eigenvalue weighted by molar-refractivity contribution is -0.126. The number of ether oxygens (including phenoxy) is 1. The third-order valence-electron chi connectivity index (χ3n) is 4.94. The molecule has 4 nitrogen and oxygen atoms in total. The van der Waals surface area contributed by atoms with E-state index < -0.39 is 0 Å². The number of halogens is 1. The molecule has 0 unspecified atom stereocenters. The fourth-order valence-corrected chi connectivity index (χ4v) is 3.42. The van der Waals surface area contributed by atoms with E-state index in [4.69, 9.17) is 10.5 Å². The van der Waals surface area contributed by atoms with E-state index in [1.807, 2.05) is 54.6 Å². The quantitative estimate of drug-likeness (QED) is 0.777. The van der Waals surface area contributed by atoms with Crippen LogP contribution in [0, 0.1) is 11.8 Å². The van der Waals surface area contributed by atoms with Crippen LogP contribution in [0.2, 0.25) is 0 Å². The van der Waals surface area contributed by atoms with Gasteiger partial charge in [-0.1, -0.05) is 48.9 Å². The van der Waals surface area contributed by atoms with Crippen LogP contribution in [0.15, 0.2) is 54.6 Å². The second-order valence-electron chi connectivity index (χ2n) is 6.67. The van der Waals surface area contributed by atoms with Crippen molar-refractivity contribution in [2.75, 3.05) is 6.54 Å². The Balaban J connectivity index is 0.00000243. The van der Waals surface area contributed by atoms with Gasteiger partial charge < -0.3 is 15.8 Å². The molecule has 140 valence electrons. The molecule has 0 aromatic heterocycles. The maximum Gasteiger partial charge on any atom is 0.223 e. The molecule has 1 amide bonds. The fraction of sp³-hybridized carbons (Fsp3) is 0.381. The van der Waals surface area contributed by atoms with Crippen molar-refractivity contribution in [3.05, 3.63) is 65.7 Å². The van der Waals surface area contributed by atoms with Crippen LogP contribution in [0.5, 0.6) is 5.75 Å². The highest BCUT2D eigenvalue weighted by molar-refractivity contribution is 5.85. The van der Waals surface area contributed by atoms with Gasteiger partial charge >= 0.3 is 0 Å². The number of para-hydroxylation sites is 1. The van der Waals surface area contributed by atoms with Crippen LogP contribution in [0.4, 0.5) is 0 Å². The molecule has 0 radical (unpaired) electrons. The molecule has 3 rings (SSSR count). The smallest absolute Gasteiger partial charge is 0.223 e. The molecular weight excluding hydrogens is 348 g/mol. The van der Waals surface area contributed by atoms with Crippen molar-refractivity contribution in [3.63, 3.8) is 0 Å². The van der Waals surface area contributed by atoms with Gasteiger partial charge in [0, 0.05) is 12.5 Å². The minimum atomic E-state index is 0. The van der Waals surface area contributed by atoms with Crippen molar-refractivity contribution in [3.8, 4) is 5.75 Å². The number of nitrogens with one attached hydrogen (secondary N) is 1. The van der Waals surface area contributed by atoms with Gasteiger partial charge in [0.05, 0.1) is 0 Å². The van der Waals surface area contributed by atoms with Crippen molar-refractivity contribution >= 4 is 18.3 Å². The molecule has 2 atom stereocenters. The Bertz CT molecular complexity index is 676. The molecular formula is C21H27ClN2O2. The minimum absolute atomic E-state index is 0. The van der Waals surface area contributed by atoms with Crippen LogP contribution in [-0.4, -0.2) is 12.5 Å². The van der Waals surface area contributed by atoms with E-state index in [1.165, 1.54) is 0 Å². The summed E-state index contributed by atoms with van der Waals surface area (Å²) in [6.07, 6.45) is 3.14. The van der Waals surface area contributed by atoms with Crippen molar-refractivity contribution in [2.45, 2.75) is 32.4 Å². The standard InChI is InChI=1S/C21H26N2O2.ClH/c22-13-18-5-4-8-20(18)21(24)23-14-16-9-11-17(12-10-16)15-25-19-6-2-1-3-7-19;/h1-3,6-7,9-12,18,20H,4-5,8,13-15,22H2,(H,23,24);1H/t18-,20-;/m1./s1. The van der Waals surface area contributed by atoms with Crippen LogP contribution in [0.25, 0.3) is 0 Å². The maximum absolute atomic E-state index is 12.3. The molecule has 26 heavy (non-hydrogen) atoms. The Morgan fingerprint density at radius 2 is 1.73 bits per heavy atom. The lowest BCUT2D eigenvalue weighted by Crippen LogP contribution is -2.34. The highest BCUT2D eigenvalue weighted by atomic mass is 35.5. The number of benzene rings is 2. The molecule has 1 fully saturated rings. The lowest BCUT2D eigenvalue weighted by atomic mass is 9.95. The van der Waals surface area contributed by atoms with E-state index in [0.717, 1.165) is 36.1 Å². The van der Waals surface area contributed by atoms with Crippen LogP contribution in [0.1, 0.15) is 30.4 Å². The zero-order valence-corrected chi connectivity index (χ0v) is 15.7. The highest BCUT2D eigenvalue weighted by Gasteiger charge is 2.31. The second kappa shape index (κ2) is 10.2. The van der Waals surface area contributed by atoms with Crippen LogP contribution >= 0.6 is 12.4 Å². The zero-order chi connectivity index (χ0) is 17.5. The summed E-state index contributed by atoms with van der Waals surface area (Å²) in [6.45, 7) is 1.71. The van der Waals surface area contributed by atoms with Crippen LogP contribution in [-0.2, 0) is 17.9 Å². The van der Waals surface area contributed by atoms with Gasteiger partial charge in [-0.15, -0.1) is 12.4 Å². The number of amides is 1. The molecule has 1 saturated carbocycles. The summed E-state index contributed by atoms with van der Waals surface area (Å²) in [4.78, 5) is 12.3. The fourth-order valence-electron chi connectivity index (χ4n) is 3.42. The molecule has 5 heteroatoms. The first-order valence-corrected chi connectivity index (χ1v) is 8.99. The number of carbonyl (C=O) groups is 1.